The van der Waals surface area contributed by atoms with Crippen molar-refractivity contribution in [3.05, 3.63) is 54.3 Å². The number of anilines is 3. The fourth-order valence-corrected chi connectivity index (χ4v) is 2.65. The van der Waals surface area contributed by atoms with E-state index in [0.29, 0.717) is 11.3 Å². The number of nitrogens with one attached hydrogen (secondary N) is 2. The Bertz CT molecular complexity index is 1050. The monoisotopic (exact) mass is 438 g/mol. The maximum absolute atomic E-state index is 14.0. The van der Waals surface area contributed by atoms with E-state index in [2.05, 4.69) is 25.3 Å². The Morgan fingerprint density at radius 3 is 2.55 bits per heavy atom. The van der Waals surface area contributed by atoms with Crippen molar-refractivity contribution in [2.45, 2.75) is 6.36 Å². The molecule has 11 heteroatoms. The summed E-state index contributed by atoms with van der Waals surface area (Å²) >= 11 is 0. The standard InChI is InChI=1S/C20H18F4N4O3/c1-30-17-6-5-13(10-15(17)21)26-18-11-16(27-19(28-18)25-7-8-29)12-3-2-4-14(9-12)31-20(22,23)24/h2-6,9-11,29H,7-8H2,1H3,(H2,25,26,27,28). The number of nitrogens with zero attached hydrogens (tertiary/aromatic N) is 2. The number of hydrogen-bond acceptors (Lipinski definition) is 7. The Kier molecular flexibility index (Phi) is 6.75. The van der Waals surface area contributed by atoms with Crippen LogP contribution in [-0.2, 0) is 0 Å². The molecule has 0 atom stereocenters. The lowest BCUT2D eigenvalue weighted by molar-refractivity contribution is -0.274. The van der Waals surface area contributed by atoms with Crippen LogP contribution in [0.4, 0.5) is 35.0 Å². The highest BCUT2D eigenvalue weighted by atomic mass is 19.4. The number of ether oxygens (including phenoxy) is 2. The topological polar surface area (TPSA) is 88.5 Å². The van der Waals surface area contributed by atoms with Crippen LogP contribution in [0.5, 0.6) is 11.5 Å². The van der Waals surface area contributed by atoms with Crippen molar-refractivity contribution in [1.82, 2.24) is 9.97 Å². The van der Waals surface area contributed by atoms with Gasteiger partial charge in [-0.15, -0.1) is 13.2 Å². The number of halogens is 4. The van der Waals surface area contributed by atoms with Gasteiger partial charge in [-0.3, -0.25) is 0 Å². The third kappa shape index (κ3) is 6.19. The summed E-state index contributed by atoms with van der Waals surface area (Å²) in [6.45, 7) is -0.0355. The van der Waals surface area contributed by atoms with E-state index in [1.807, 2.05) is 0 Å². The summed E-state index contributed by atoms with van der Waals surface area (Å²) in [6, 6.07) is 11.0. The van der Waals surface area contributed by atoms with Gasteiger partial charge in [0.2, 0.25) is 5.95 Å². The molecule has 3 aromatic rings. The summed E-state index contributed by atoms with van der Waals surface area (Å²) in [5, 5.41) is 14.7. The lowest BCUT2D eigenvalue weighted by atomic mass is 10.1. The van der Waals surface area contributed by atoms with Crippen LogP contribution in [0.1, 0.15) is 0 Å². The molecule has 0 unspecified atom stereocenters. The largest absolute Gasteiger partial charge is 0.573 e. The fourth-order valence-electron chi connectivity index (χ4n) is 2.65. The molecule has 2 aromatic carbocycles. The number of methoxy groups -OCH3 is 1. The molecule has 3 N–H and O–H groups in total. The van der Waals surface area contributed by atoms with E-state index in [1.165, 1.54) is 43.5 Å². The number of benzene rings is 2. The number of aliphatic hydroxyl groups excluding tert-OH is 1. The van der Waals surface area contributed by atoms with Gasteiger partial charge in [-0.2, -0.15) is 4.98 Å². The van der Waals surface area contributed by atoms with Gasteiger partial charge < -0.3 is 25.2 Å². The van der Waals surface area contributed by atoms with Gasteiger partial charge in [0, 0.05) is 29.9 Å². The maximum atomic E-state index is 14.0. The second-order valence-corrected chi connectivity index (χ2v) is 6.16. The average molecular weight is 438 g/mol. The normalized spacial score (nSPS) is 11.2. The van der Waals surface area contributed by atoms with Crippen LogP contribution in [-0.4, -0.2) is 41.7 Å². The lowest BCUT2D eigenvalue weighted by Gasteiger charge is -2.13. The first-order valence-electron chi connectivity index (χ1n) is 8.98. The molecule has 0 fully saturated rings. The maximum Gasteiger partial charge on any atom is 0.573 e. The zero-order valence-corrected chi connectivity index (χ0v) is 16.2. The van der Waals surface area contributed by atoms with Crippen LogP contribution >= 0.6 is 0 Å². The summed E-state index contributed by atoms with van der Waals surface area (Å²) in [7, 11) is 1.35. The highest BCUT2D eigenvalue weighted by Crippen LogP contribution is 2.30. The van der Waals surface area contributed by atoms with Crippen LogP contribution in [0.2, 0.25) is 0 Å². The molecule has 3 rings (SSSR count). The Morgan fingerprint density at radius 2 is 1.87 bits per heavy atom. The van der Waals surface area contributed by atoms with Crippen LogP contribution in [0.25, 0.3) is 11.3 Å². The predicted octanol–water partition coefficient (Wildman–Crippen LogP) is 4.34. The smallest absolute Gasteiger partial charge is 0.494 e. The molecule has 164 valence electrons. The second-order valence-electron chi connectivity index (χ2n) is 6.16. The Morgan fingerprint density at radius 1 is 1.06 bits per heavy atom. The molecule has 0 aliphatic rings. The van der Waals surface area contributed by atoms with E-state index >= 15 is 0 Å². The van der Waals surface area contributed by atoms with Gasteiger partial charge in [0.15, 0.2) is 11.6 Å². The third-order valence-corrected chi connectivity index (χ3v) is 3.91. The lowest BCUT2D eigenvalue weighted by Crippen LogP contribution is -2.17. The van der Waals surface area contributed by atoms with Crippen molar-refractivity contribution in [1.29, 1.82) is 0 Å². The van der Waals surface area contributed by atoms with Gasteiger partial charge in [0.1, 0.15) is 11.6 Å². The quantitative estimate of drug-likeness (QED) is 0.451. The molecule has 0 aliphatic heterocycles. The SMILES string of the molecule is COc1ccc(Nc2cc(-c3cccc(OC(F)(F)F)c3)nc(NCCO)n2)cc1F. The first-order chi connectivity index (χ1) is 14.8. The summed E-state index contributed by atoms with van der Waals surface area (Å²) in [6.07, 6.45) is -4.83. The first kappa shape index (κ1) is 22.1. The van der Waals surface area contributed by atoms with Crippen molar-refractivity contribution in [2.24, 2.45) is 0 Å². The molecule has 7 nitrogen and oxygen atoms in total. The molecule has 0 saturated carbocycles. The summed E-state index contributed by atoms with van der Waals surface area (Å²) < 4.78 is 60.4. The Labute approximate surface area is 174 Å². The summed E-state index contributed by atoms with van der Waals surface area (Å²) in [5.74, 6) is -0.555. The van der Waals surface area contributed by atoms with Crippen molar-refractivity contribution < 1.29 is 32.1 Å². The summed E-state index contributed by atoms with van der Waals surface area (Å²) in [5.41, 5.74) is 0.977. The van der Waals surface area contributed by atoms with Crippen molar-refractivity contribution >= 4 is 17.5 Å². The highest BCUT2D eigenvalue weighted by molar-refractivity contribution is 5.68. The molecule has 31 heavy (non-hydrogen) atoms. The second kappa shape index (κ2) is 9.47. The zero-order valence-electron chi connectivity index (χ0n) is 16.2. The molecule has 1 aromatic heterocycles. The molecule has 0 saturated heterocycles. The number of alkyl halides is 3. The van der Waals surface area contributed by atoms with Gasteiger partial charge >= 0.3 is 6.36 Å². The molecule has 0 bridgehead atoms. The van der Waals surface area contributed by atoms with E-state index < -0.39 is 17.9 Å². The number of hydrogen-bond donors (Lipinski definition) is 3. The first-order valence-corrected chi connectivity index (χ1v) is 8.98. The molecule has 0 radical (unpaired) electrons. The van der Waals surface area contributed by atoms with Crippen LogP contribution in [0.15, 0.2) is 48.5 Å². The van der Waals surface area contributed by atoms with Gasteiger partial charge in [-0.1, -0.05) is 12.1 Å². The average Bonchev–Trinajstić information content (AvgIpc) is 2.71. The Hall–Kier alpha value is -3.60. The van der Waals surface area contributed by atoms with Crippen molar-refractivity contribution in [3.8, 4) is 22.8 Å². The van der Waals surface area contributed by atoms with Gasteiger partial charge in [0.25, 0.3) is 0 Å². The molecule has 0 spiro atoms. The molecular weight excluding hydrogens is 420 g/mol. The fraction of sp³-hybridized carbons (Fsp3) is 0.200. The number of aromatic nitrogens is 2. The summed E-state index contributed by atoms with van der Waals surface area (Å²) in [4.78, 5) is 8.50. The highest BCUT2D eigenvalue weighted by Gasteiger charge is 2.31. The molecular formula is C20H18F4N4O3. The number of aliphatic hydroxyl groups is 1. The van der Waals surface area contributed by atoms with E-state index in [-0.39, 0.29) is 36.4 Å². The van der Waals surface area contributed by atoms with E-state index in [4.69, 9.17) is 9.84 Å². The van der Waals surface area contributed by atoms with Crippen LogP contribution in [0, 0.1) is 5.82 Å². The van der Waals surface area contributed by atoms with E-state index in [0.717, 1.165) is 0 Å². The van der Waals surface area contributed by atoms with Crippen molar-refractivity contribution in [3.63, 3.8) is 0 Å². The minimum Gasteiger partial charge on any atom is -0.494 e. The molecule has 0 amide bonds. The minimum atomic E-state index is -4.83. The molecule has 0 aliphatic carbocycles. The van der Waals surface area contributed by atoms with E-state index in [9.17, 15) is 17.6 Å². The van der Waals surface area contributed by atoms with Crippen LogP contribution in [0.3, 0.4) is 0 Å². The van der Waals surface area contributed by atoms with Gasteiger partial charge in [-0.25, -0.2) is 9.37 Å². The third-order valence-electron chi connectivity index (χ3n) is 3.91. The van der Waals surface area contributed by atoms with E-state index in [1.54, 1.807) is 12.1 Å². The predicted molar refractivity (Wildman–Crippen MR) is 106 cm³/mol. The zero-order chi connectivity index (χ0) is 22.4. The van der Waals surface area contributed by atoms with Crippen LogP contribution < -0.4 is 20.1 Å². The van der Waals surface area contributed by atoms with Crippen molar-refractivity contribution in [2.75, 3.05) is 30.9 Å². The minimum absolute atomic E-state index is 0.0701. The number of rotatable bonds is 8. The molecule has 1 heterocycles. The van der Waals surface area contributed by atoms with Gasteiger partial charge in [0.05, 0.1) is 19.4 Å². The van der Waals surface area contributed by atoms with Gasteiger partial charge in [-0.05, 0) is 24.3 Å². The Balaban J connectivity index is 1.95.